The topological polar surface area (TPSA) is 28.2 Å². The smallest absolute Gasteiger partial charge is 0.129 e. The van der Waals surface area contributed by atoms with Crippen LogP contribution in [0.5, 0.6) is 0 Å². The van der Waals surface area contributed by atoms with Crippen molar-refractivity contribution in [1.29, 1.82) is 0 Å². The molecule has 1 aliphatic heterocycles. The van der Waals surface area contributed by atoms with Crippen molar-refractivity contribution < 1.29 is 0 Å². The highest BCUT2D eigenvalue weighted by Crippen LogP contribution is 2.34. The number of halogens is 1. The summed E-state index contributed by atoms with van der Waals surface area (Å²) in [6.07, 6.45) is 5.81. The van der Waals surface area contributed by atoms with Crippen LogP contribution in [-0.4, -0.2) is 34.6 Å². The number of likely N-dealkylation sites (tertiary alicyclic amines) is 1. The van der Waals surface area contributed by atoms with E-state index in [0.717, 1.165) is 18.3 Å². The molecule has 2 atom stereocenters. The normalized spacial score (nSPS) is 29.5. The summed E-state index contributed by atoms with van der Waals surface area (Å²) in [6.45, 7) is 3.49. The molecule has 0 bridgehead atoms. The Morgan fingerprint density at radius 3 is 2.88 bits per heavy atom. The molecule has 0 amide bonds. The van der Waals surface area contributed by atoms with Crippen LogP contribution in [0.3, 0.4) is 0 Å². The summed E-state index contributed by atoms with van der Waals surface area (Å²) >= 11 is 5.78. The van der Waals surface area contributed by atoms with E-state index in [1.165, 1.54) is 19.3 Å². The third kappa shape index (κ3) is 2.55. The van der Waals surface area contributed by atoms with Gasteiger partial charge in [-0.05, 0) is 38.3 Å². The molecule has 1 saturated carbocycles. The summed E-state index contributed by atoms with van der Waals surface area (Å²) in [7, 11) is 0. The maximum Gasteiger partial charge on any atom is 0.129 e. The van der Waals surface area contributed by atoms with Crippen LogP contribution in [0.4, 0.5) is 5.69 Å². The van der Waals surface area contributed by atoms with Crippen molar-refractivity contribution in [2.75, 3.05) is 11.9 Å². The monoisotopic (exact) mass is 251 g/mol. The second kappa shape index (κ2) is 4.46. The number of rotatable bonds is 3. The van der Waals surface area contributed by atoms with E-state index in [0.29, 0.717) is 17.2 Å². The van der Waals surface area contributed by atoms with E-state index < -0.39 is 0 Å². The predicted molar refractivity (Wildman–Crippen MR) is 70.5 cm³/mol. The molecule has 92 valence electrons. The third-order valence-electron chi connectivity index (χ3n) is 3.74. The number of nitrogens with one attached hydrogen (secondary N) is 1. The van der Waals surface area contributed by atoms with Gasteiger partial charge in [-0.25, -0.2) is 4.98 Å². The molecule has 1 aliphatic carbocycles. The first-order valence-electron chi connectivity index (χ1n) is 6.36. The fourth-order valence-electron chi connectivity index (χ4n) is 2.77. The summed E-state index contributed by atoms with van der Waals surface area (Å²) in [5.74, 6) is 0. The van der Waals surface area contributed by atoms with Gasteiger partial charge >= 0.3 is 0 Å². The third-order valence-corrected chi connectivity index (χ3v) is 3.96. The number of aromatic nitrogens is 1. The summed E-state index contributed by atoms with van der Waals surface area (Å²) in [5, 5.41) is 4.10. The van der Waals surface area contributed by atoms with Gasteiger partial charge in [-0.1, -0.05) is 11.6 Å². The average Bonchev–Trinajstić information content (AvgIpc) is 3.08. The van der Waals surface area contributed by atoms with Gasteiger partial charge in [-0.15, -0.1) is 0 Å². The van der Waals surface area contributed by atoms with Crippen molar-refractivity contribution in [3.8, 4) is 0 Å². The van der Waals surface area contributed by atoms with E-state index in [4.69, 9.17) is 11.6 Å². The molecule has 2 heterocycles. The zero-order valence-corrected chi connectivity index (χ0v) is 10.8. The molecule has 0 aromatic carbocycles. The summed E-state index contributed by atoms with van der Waals surface area (Å²) < 4.78 is 0. The molecular formula is C13H18ClN3. The van der Waals surface area contributed by atoms with Crippen LogP contribution in [0.2, 0.25) is 5.15 Å². The highest BCUT2D eigenvalue weighted by Gasteiger charge is 2.38. The van der Waals surface area contributed by atoms with Crippen molar-refractivity contribution in [1.82, 2.24) is 9.88 Å². The van der Waals surface area contributed by atoms with E-state index in [1.54, 1.807) is 0 Å². The number of nitrogens with zero attached hydrogens (tertiary/aromatic N) is 2. The summed E-state index contributed by atoms with van der Waals surface area (Å²) in [4.78, 5) is 6.74. The van der Waals surface area contributed by atoms with Crippen LogP contribution in [0.1, 0.15) is 26.2 Å². The number of anilines is 1. The molecule has 1 aromatic heterocycles. The van der Waals surface area contributed by atoms with Gasteiger partial charge in [0, 0.05) is 24.7 Å². The second-order valence-electron chi connectivity index (χ2n) is 5.22. The van der Waals surface area contributed by atoms with Crippen LogP contribution < -0.4 is 5.32 Å². The molecule has 4 heteroatoms. The summed E-state index contributed by atoms with van der Waals surface area (Å²) in [6, 6.07) is 5.95. The van der Waals surface area contributed by atoms with Crippen LogP contribution >= 0.6 is 11.6 Å². The van der Waals surface area contributed by atoms with Gasteiger partial charge < -0.3 is 5.32 Å². The molecule has 0 spiro atoms. The van der Waals surface area contributed by atoms with Crippen molar-refractivity contribution in [2.45, 2.75) is 44.3 Å². The maximum atomic E-state index is 5.78. The van der Waals surface area contributed by atoms with Crippen molar-refractivity contribution in [2.24, 2.45) is 0 Å². The van der Waals surface area contributed by atoms with Gasteiger partial charge in [0.15, 0.2) is 0 Å². The Labute approximate surface area is 107 Å². The highest BCUT2D eigenvalue weighted by molar-refractivity contribution is 6.29. The van der Waals surface area contributed by atoms with Gasteiger partial charge in [0.1, 0.15) is 5.15 Å². The van der Waals surface area contributed by atoms with Gasteiger partial charge in [0.05, 0.1) is 11.9 Å². The molecule has 3 nitrogen and oxygen atoms in total. The van der Waals surface area contributed by atoms with E-state index in [9.17, 15) is 0 Å². The van der Waals surface area contributed by atoms with Crippen molar-refractivity contribution >= 4 is 17.3 Å². The molecule has 1 aromatic rings. The Balaban J connectivity index is 1.61. The SMILES string of the molecule is CC1CC(Nc2ccc(Cl)nc2)CN1C1CC1. The number of pyridine rings is 1. The minimum absolute atomic E-state index is 0.550. The van der Waals surface area contributed by atoms with Gasteiger partial charge in [0.25, 0.3) is 0 Å². The first-order valence-corrected chi connectivity index (χ1v) is 6.74. The molecule has 17 heavy (non-hydrogen) atoms. The van der Waals surface area contributed by atoms with Gasteiger partial charge in [-0.2, -0.15) is 0 Å². The fourth-order valence-corrected chi connectivity index (χ4v) is 2.88. The van der Waals surface area contributed by atoms with Crippen LogP contribution in [0.15, 0.2) is 18.3 Å². The molecule has 1 saturated heterocycles. The fraction of sp³-hybridized carbons (Fsp3) is 0.615. The quantitative estimate of drug-likeness (QED) is 0.838. The lowest BCUT2D eigenvalue weighted by Gasteiger charge is -2.19. The molecule has 2 unspecified atom stereocenters. The largest absolute Gasteiger partial charge is 0.380 e. The Morgan fingerprint density at radius 1 is 1.41 bits per heavy atom. The first-order chi connectivity index (χ1) is 8.22. The standard InChI is InChI=1S/C13H18ClN3/c1-9-6-11(8-17(9)12-3-4-12)16-10-2-5-13(14)15-7-10/h2,5,7,9,11-12,16H,3-4,6,8H2,1H3. The minimum atomic E-state index is 0.550. The molecule has 1 N–H and O–H groups in total. The molecule has 2 fully saturated rings. The van der Waals surface area contributed by atoms with Crippen LogP contribution in [0, 0.1) is 0 Å². The Hall–Kier alpha value is -0.800. The van der Waals surface area contributed by atoms with E-state index in [-0.39, 0.29) is 0 Å². The molecule has 3 rings (SSSR count). The maximum absolute atomic E-state index is 5.78. The first kappa shape index (κ1) is 11.3. The predicted octanol–water partition coefficient (Wildman–Crippen LogP) is 2.77. The number of hydrogen-bond donors (Lipinski definition) is 1. The zero-order valence-electron chi connectivity index (χ0n) is 10.1. The van der Waals surface area contributed by atoms with Gasteiger partial charge in [0.2, 0.25) is 0 Å². The molecule has 0 radical (unpaired) electrons. The summed E-state index contributed by atoms with van der Waals surface area (Å²) in [5.41, 5.74) is 1.07. The molecule has 2 aliphatic rings. The second-order valence-corrected chi connectivity index (χ2v) is 5.61. The minimum Gasteiger partial charge on any atom is -0.380 e. The Kier molecular flexibility index (Phi) is 2.97. The van der Waals surface area contributed by atoms with Crippen LogP contribution in [-0.2, 0) is 0 Å². The molecular weight excluding hydrogens is 234 g/mol. The van der Waals surface area contributed by atoms with Crippen LogP contribution in [0.25, 0.3) is 0 Å². The lowest BCUT2D eigenvalue weighted by Crippen LogP contribution is -2.31. The van der Waals surface area contributed by atoms with Crippen molar-refractivity contribution in [3.63, 3.8) is 0 Å². The number of hydrogen-bond acceptors (Lipinski definition) is 3. The highest BCUT2D eigenvalue weighted by atomic mass is 35.5. The van der Waals surface area contributed by atoms with E-state index in [1.807, 2.05) is 18.3 Å². The zero-order chi connectivity index (χ0) is 11.8. The lowest BCUT2D eigenvalue weighted by atomic mass is 10.2. The van der Waals surface area contributed by atoms with E-state index >= 15 is 0 Å². The average molecular weight is 252 g/mol. The van der Waals surface area contributed by atoms with Gasteiger partial charge in [-0.3, -0.25) is 4.90 Å². The Morgan fingerprint density at radius 2 is 2.24 bits per heavy atom. The Bertz CT molecular complexity index is 388. The van der Waals surface area contributed by atoms with Crippen molar-refractivity contribution in [3.05, 3.63) is 23.5 Å². The lowest BCUT2D eigenvalue weighted by molar-refractivity contribution is 0.257. The van der Waals surface area contributed by atoms with E-state index in [2.05, 4.69) is 22.1 Å².